The topological polar surface area (TPSA) is 123 Å². The monoisotopic (exact) mass is 336 g/mol. The number of aliphatic imine (C=N–C) groups is 2. The smallest absolute Gasteiger partial charge is 0.293 e. The number of nitro groups is 1. The molecule has 0 amide bonds. The number of hydrogen-bond acceptors (Lipinski definition) is 7. The molecular weight excluding hydrogens is 320 g/mol. The first-order chi connectivity index (χ1) is 10.9. The third kappa shape index (κ3) is 2.70. The minimum atomic E-state index is -0.733. The number of nitro benzene ring substituents is 1. The van der Waals surface area contributed by atoms with Gasteiger partial charge in [0, 0.05) is 11.1 Å². The Bertz CT molecular complexity index is 711. The van der Waals surface area contributed by atoms with Gasteiger partial charge in [0.15, 0.2) is 0 Å². The molecular formula is C14H17ClN6O2. The second-order valence-electron chi connectivity index (χ2n) is 5.71. The second-order valence-corrected chi connectivity index (χ2v) is 6.15. The molecule has 9 heteroatoms. The molecule has 2 aliphatic rings. The van der Waals surface area contributed by atoms with E-state index in [9.17, 15) is 10.1 Å². The Morgan fingerprint density at radius 3 is 2.61 bits per heavy atom. The first kappa shape index (κ1) is 15.5. The van der Waals surface area contributed by atoms with Crippen LogP contribution in [0.5, 0.6) is 0 Å². The minimum Gasteiger partial charge on any atom is -0.369 e. The van der Waals surface area contributed by atoms with Crippen LogP contribution in [0.2, 0.25) is 5.02 Å². The lowest BCUT2D eigenvalue weighted by atomic mass is 9.87. The molecule has 1 aromatic carbocycles. The van der Waals surface area contributed by atoms with Crippen LogP contribution in [0.1, 0.15) is 32.1 Å². The molecule has 1 saturated carbocycles. The van der Waals surface area contributed by atoms with Crippen molar-refractivity contribution in [1.82, 2.24) is 0 Å². The Morgan fingerprint density at radius 2 is 1.96 bits per heavy atom. The molecule has 0 saturated heterocycles. The van der Waals surface area contributed by atoms with Crippen LogP contribution in [0.25, 0.3) is 0 Å². The highest BCUT2D eigenvalue weighted by atomic mass is 35.5. The first-order valence-electron chi connectivity index (χ1n) is 7.37. The lowest BCUT2D eigenvalue weighted by molar-refractivity contribution is -0.384. The molecule has 1 aliphatic heterocycles. The largest absolute Gasteiger partial charge is 0.369 e. The Morgan fingerprint density at radius 1 is 1.26 bits per heavy atom. The summed E-state index contributed by atoms with van der Waals surface area (Å²) >= 11 is 6.05. The van der Waals surface area contributed by atoms with E-state index in [1.54, 1.807) is 4.90 Å². The highest BCUT2D eigenvalue weighted by Gasteiger charge is 2.44. The summed E-state index contributed by atoms with van der Waals surface area (Å²) in [6, 6.07) is 4.37. The van der Waals surface area contributed by atoms with Gasteiger partial charge >= 0.3 is 0 Å². The summed E-state index contributed by atoms with van der Waals surface area (Å²) in [5, 5.41) is 11.8. The van der Waals surface area contributed by atoms with Crippen molar-refractivity contribution in [3.05, 3.63) is 33.3 Å². The van der Waals surface area contributed by atoms with E-state index in [0.29, 0.717) is 23.6 Å². The van der Waals surface area contributed by atoms with Crippen molar-refractivity contribution in [2.75, 3.05) is 4.90 Å². The third-order valence-corrected chi connectivity index (χ3v) is 4.46. The SMILES string of the molecule is NC1=NC2(CCCCC2)N(c2cc(Cl)ccc2[N+](=O)[O-])C(N)=N1. The second kappa shape index (κ2) is 5.69. The summed E-state index contributed by atoms with van der Waals surface area (Å²) < 4.78 is 0. The zero-order chi connectivity index (χ0) is 16.6. The quantitative estimate of drug-likeness (QED) is 0.633. The average Bonchev–Trinajstić information content (AvgIpc) is 2.46. The van der Waals surface area contributed by atoms with Gasteiger partial charge in [0.05, 0.1) is 4.92 Å². The van der Waals surface area contributed by atoms with E-state index in [-0.39, 0.29) is 17.6 Å². The Labute approximate surface area is 138 Å². The number of nitrogens with two attached hydrogens (primary N) is 2. The van der Waals surface area contributed by atoms with Crippen LogP contribution < -0.4 is 16.4 Å². The maximum Gasteiger partial charge on any atom is 0.293 e. The molecule has 0 bridgehead atoms. The van der Waals surface area contributed by atoms with E-state index in [4.69, 9.17) is 23.1 Å². The summed E-state index contributed by atoms with van der Waals surface area (Å²) in [4.78, 5) is 21.1. The fraction of sp³-hybridized carbons (Fsp3) is 0.429. The maximum atomic E-state index is 11.4. The van der Waals surface area contributed by atoms with E-state index < -0.39 is 10.6 Å². The maximum absolute atomic E-state index is 11.4. The van der Waals surface area contributed by atoms with Gasteiger partial charge in [-0.15, -0.1) is 0 Å². The van der Waals surface area contributed by atoms with Crippen LogP contribution in [0.15, 0.2) is 28.2 Å². The van der Waals surface area contributed by atoms with Crippen LogP contribution in [0.4, 0.5) is 11.4 Å². The van der Waals surface area contributed by atoms with Crippen molar-refractivity contribution in [2.24, 2.45) is 21.5 Å². The standard InChI is InChI=1S/C14H17ClN6O2/c15-9-4-5-10(21(22)23)11(8-9)20-13(17)18-12(16)19-14(20)6-2-1-3-7-14/h4-5,8H,1-3,6-7H2,(H4,16,17,18,19). The van der Waals surface area contributed by atoms with Crippen LogP contribution in [0, 0.1) is 10.1 Å². The molecule has 3 rings (SSSR count). The van der Waals surface area contributed by atoms with E-state index in [1.807, 2.05) is 0 Å². The van der Waals surface area contributed by atoms with Gasteiger partial charge < -0.3 is 11.5 Å². The molecule has 1 spiro atoms. The van der Waals surface area contributed by atoms with Crippen molar-refractivity contribution >= 4 is 34.9 Å². The number of anilines is 1. The minimum absolute atomic E-state index is 0.0897. The highest BCUT2D eigenvalue weighted by molar-refractivity contribution is 6.31. The van der Waals surface area contributed by atoms with E-state index >= 15 is 0 Å². The fourth-order valence-corrected chi connectivity index (χ4v) is 3.47. The lowest BCUT2D eigenvalue weighted by Crippen LogP contribution is -2.58. The molecule has 8 nitrogen and oxygen atoms in total. The van der Waals surface area contributed by atoms with Gasteiger partial charge in [0.25, 0.3) is 5.69 Å². The van der Waals surface area contributed by atoms with Crippen molar-refractivity contribution in [3.63, 3.8) is 0 Å². The zero-order valence-corrected chi connectivity index (χ0v) is 13.2. The Kier molecular flexibility index (Phi) is 3.85. The summed E-state index contributed by atoms with van der Waals surface area (Å²) in [5.41, 5.74) is 11.3. The van der Waals surface area contributed by atoms with Crippen LogP contribution in [-0.4, -0.2) is 22.5 Å². The molecule has 0 unspecified atom stereocenters. The van der Waals surface area contributed by atoms with Crippen molar-refractivity contribution < 1.29 is 4.92 Å². The number of hydrogen-bond donors (Lipinski definition) is 2. The highest BCUT2D eigenvalue weighted by Crippen LogP contribution is 2.43. The Balaban J connectivity index is 2.18. The molecule has 4 N–H and O–H groups in total. The molecule has 1 aliphatic carbocycles. The lowest BCUT2D eigenvalue weighted by Gasteiger charge is -2.45. The molecule has 1 aromatic rings. The van der Waals surface area contributed by atoms with E-state index in [0.717, 1.165) is 19.3 Å². The van der Waals surface area contributed by atoms with Crippen LogP contribution >= 0.6 is 11.6 Å². The van der Waals surface area contributed by atoms with Crippen molar-refractivity contribution in [2.45, 2.75) is 37.8 Å². The van der Waals surface area contributed by atoms with Crippen molar-refractivity contribution in [1.29, 1.82) is 0 Å². The summed E-state index contributed by atoms with van der Waals surface area (Å²) in [7, 11) is 0. The summed E-state index contributed by atoms with van der Waals surface area (Å²) in [6.07, 6.45) is 4.37. The normalized spacial score (nSPS) is 20.1. The van der Waals surface area contributed by atoms with Crippen LogP contribution in [-0.2, 0) is 0 Å². The predicted octanol–water partition coefficient (Wildman–Crippen LogP) is 2.36. The number of guanidine groups is 2. The average molecular weight is 337 g/mol. The number of nitrogens with zero attached hydrogens (tertiary/aromatic N) is 4. The van der Waals surface area contributed by atoms with Crippen molar-refractivity contribution in [3.8, 4) is 0 Å². The van der Waals surface area contributed by atoms with Gasteiger partial charge in [0.2, 0.25) is 11.9 Å². The summed E-state index contributed by atoms with van der Waals surface area (Å²) in [6.45, 7) is 0. The van der Waals surface area contributed by atoms with Gasteiger partial charge in [0.1, 0.15) is 11.4 Å². The first-order valence-corrected chi connectivity index (χ1v) is 7.74. The van der Waals surface area contributed by atoms with E-state index in [1.165, 1.54) is 18.2 Å². The Hall–Kier alpha value is -2.35. The van der Waals surface area contributed by atoms with Gasteiger partial charge in [-0.1, -0.05) is 18.0 Å². The number of rotatable bonds is 2. The molecule has 0 atom stereocenters. The molecule has 0 radical (unpaired) electrons. The molecule has 1 heterocycles. The fourth-order valence-electron chi connectivity index (χ4n) is 3.30. The van der Waals surface area contributed by atoms with Gasteiger partial charge in [-0.05, 0) is 37.8 Å². The zero-order valence-electron chi connectivity index (χ0n) is 12.4. The molecule has 23 heavy (non-hydrogen) atoms. The number of benzene rings is 1. The molecule has 0 aromatic heterocycles. The van der Waals surface area contributed by atoms with E-state index in [2.05, 4.69) is 9.98 Å². The van der Waals surface area contributed by atoms with Crippen LogP contribution in [0.3, 0.4) is 0 Å². The molecule has 122 valence electrons. The van der Waals surface area contributed by atoms with Gasteiger partial charge in [-0.2, -0.15) is 4.99 Å². The third-order valence-electron chi connectivity index (χ3n) is 4.23. The number of halogens is 1. The van der Waals surface area contributed by atoms with Gasteiger partial charge in [-0.25, -0.2) is 4.99 Å². The predicted molar refractivity (Wildman–Crippen MR) is 89.6 cm³/mol. The summed E-state index contributed by atoms with van der Waals surface area (Å²) in [5.74, 6) is 0.204. The molecule has 1 fully saturated rings. The van der Waals surface area contributed by atoms with Gasteiger partial charge in [-0.3, -0.25) is 15.0 Å².